The molecule has 0 aromatic heterocycles. The van der Waals surface area contributed by atoms with Gasteiger partial charge in [0.15, 0.2) is 0 Å². The first kappa shape index (κ1) is 11.3. The molecule has 0 aromatic rings. The third kappa shape index (κ3) is 3.16. The molecule has 1 amide bonds. The van der Waals surface area contributed by atoms with Crippen molar-refractivity contribution in [2.24, 2.45) is 0 Å². The molecule has 1 aliphatic heterocycles. The number of aliphatic hydroxyl groups is 2. The maximum atomic E-state index is 11.3. The smallest absolute Gasteiger partial charge is 0.409 e. The van der Waals surface area contributed by atoms with Crippen LogP contribution in [0, 0.1) is 0 Å². The minimum atomic E-state index is -0.809. The van der Waals surface area contributed by atoms with Gasteiger partial charge in [-0.25, -0.2) is 4.79 Å². The van der Waals surface area contributed by atoms with E-state index in [0.717, 1.165) is 6.42 Å². The number of nitrogens with zero attached hydrogens (tertiary/aromatic N) is 1. The quantitative estimate of drug-likeness (QED) is 0.660. The first-order chi connectivity index (χ1) is 6.55. The third-order valence-electron chi connectivity index (χ3n) is 2.25. The summed E-state index contributed by atoms with van der Waals surface area (Å²) < 4.78 is 4.75. The molecular weight excluding hydrogens is 186 g/mol. The summed E-state index contributed by atoms with van der Waals surface area (Å²) in [4.78, 5) is 12.8. The van der Waals surface area contributed by atoms with E-state index in [1.807, 2.05) is 0 Å². The summed E-state index contributed by atoms with van der Waals surface area (Å²) in [5.74, 6) is 0. The van der Waals surface area contributed by atoms with Crippen molar-refractivity contribution >= 4 is 6.09 Å². The highest BCUT2D eigenvalue weighted by Gasteiger charge is 2.31. The zero-order chi connectivity index (χ0) is 10.6. The van der Waals surface area contributed by atoms with Gasteiger partial charge in [0, 0.05) is 6.54 Å². The van der Waals surface area contributed by atoms with Gasteiger partial charge in [-0.2, -0.15) is 0 Å². The highest BCUT2D eigenvalue weighted by Crippen LogP contribution is 2.20. The van der Waals surface area contributed by atoms with Crippen LogP contribution in [0.25, 0.3) is 0 Å². The first-order valence-electron chi connectivity index (χ1n) is 4.80. The van der Waals surface area contributed by atoms with Gasteiger partial charge < -0.3 is 19.8 Å². The van der Waals surface area contributed by atoms with E-state index in [-0.39, 0.29) is 13.2 Å². The topological polar surface area (TPSA) is 70.0 Å². The molecule has 5 heteroatoms. The van der Waals surface area contributed by atoms with Gasteiger partial charge in [-0.3, -0.25) is 0 Å². The van der Waals surface area contributed by atoms with E-state index in [9.17, 15) is 9.90 Å². The molecule has 14 heavy (non-hydrogen) atoms. The summed E-state index contributed by atoms with van der Waals surface area (Å²) >= 11 is 0. The minimum absolute atomic E-state index is 0.0114. The second kappa shape index (κ2) is 4.61. The van der Waals surface area contributed by atoms with Crippen molar-refractivity contribution < 1.29 is 19.7 Å². The zero-order valence-electron chi connectivity index (χ0n) is 8.40. The average Bonchev–Trinajstić information content (AvgIpc) is 2.12. The normalized spacial score (nSPS) is 27.5. The molecule has 0 aliphatic carbocycles. The van der Waals surface area contributed by atoms with Crippen LogP contribution in [0.4, 0.5) is 4.79 Å². The van der Waals surface area contributed by atoms with Crippen molar-refractivity contribution in [2.75, 3.05) is 26.3 Å². The SMILES string of the molecule is CC1(O)CCCN(C(=O)OCCO)C1. The predicted molar refractivity (Wildman–Crippen MR) is 49.9 cm³/mol. The van der Waals surface area contributed by atoms with Crippen LogP contribution < -0.4 is 0 Å². The molecule has 0 bridgehead atoms. The number of likely N-dealkylation sites (tertiary alicyclic amines) is 1. The van der Waals surface area contributed by atoms with Gasteiger partial charge in [0.25, 0.3) is 0 Å². The van der Waals surface area contributed by atoms with Gasteiger partial charge in [-0.15, -0.1) is 0 Å². The van der Waals surface area contributed by atoms with Crippen molar-refractivity contribution in [1.29, 1.82) is 0 Å². The van der Waals surface area contributed by atoms with Gasteiger partial charge in [0.05, 0.1) is 18.8 Å². The Labute approximate surface area is 83.3 Å². The lowest BCUT2D eigenvalue weighted by atomic mass is 9.96. The second-order valence-corrected chi connectivity index (χ2v) is 3.86. The van der Waals surface area contributed by atoms with Crippen molar-refractivity contribution in [2.45, 2.75) is 25.4 Å². The van der Waals surface area contributed by atoms with E-state index in [4.69, 9.17) is 9.84 Å². The number of carbonyl (C=O) groups is 1. The van der Waals surface area contributed by atoms with Crippen molar-refractivity contribution in [3.8, 4) is 0 Å². The van der Waals surface area contributed by atoms with Crippen LogP contribution in [0.1, 0.15) is 19.8 Å². The number of aliphatic hydroxyl groups excluding tert-OH is 1. The molecule has 1 unspecified atom stereocenters. The Bertz CT molecular complexity index is 205. The molecule has 1 atom stereocenters. The monoisotopic (exact) mass is 203 g/mol. The van der Waals surface area contributed by atoms with Gasteiger partial charge in [0.1, 0.15) is 6.61 Å². The summed E-state index contributed by atoms with van der Waals surface area (Å²) in [7, 11) is 0. The maximum Gasteiger partial charge on any atom is 0.409 e. The van der Waals surface area contributed by atoms with Crippen molar-refractivity contribution in [1.82, 2.24) is 4.90 Å². The Morgan fingerprint density at radius 3 is 2.93 bits per heavy atom. The summed E-state index contributed by atoms with van der Waals surface area (Å²) in [6, 6.07) is 0. The Morgan fingerprint density at radius 1 is 1.64 bits per heavy atom. The molecule has 0 spiro atoms. The molecule has 1 saturated heterocycles. The molecule has 5 nitrogen and oxygen atoms in total. The fourth-order valence-corrected chi connectivity index (χ4v) is 1.60. The number of hydrogen-bond donors (Lipinski definition) is 2. The minimum Gasteiger partial charge on any atom is -0.447 e. The van der Waals surface area contributed by atoms with Crippen LogP contribution in [0.5, 0.6) is 0 Å². The number of carbonyl (C=O) groups excluding carboxylic acids is 1. The second-order valence-electron chi connectivity index (χ2n) is 3.86. The van der Waals surface area contributed by atoms with Gasteiger partial charge >= 0.3 is 6.09 Å². The van der Waals surface area contributed by atoms with Crippen LogP contribution in [-0.4, -0.2) is 53.1 Å². The predicted octanol–water partition coefficient (Wildman–Crippen LogP) is -0.0379. The molecule has 2 N–H and O–H groups in total. The number of hydrogen-bond acceptors (Lipinski definition) is 4. The molecular formula is C9H17NO4. The van der Waals surface area contributed by atoms with Gasteiger partial charge in [-0.05, 0) is 19.8 Å². The van der Waals surface area contributed by atoms with E-state index < -0.39 is 11.7 Å². The highest BCUT2D eigenvalue weighted by molar-refractivity contribution is 5.67. The molecule has 1 heterocycles. The number of β-amino-alcohol motifs (C(OH)–C–C–N with tert-alkyl or cyclic N) is 1. The van der Waals surface area contributed by atoms with E-state index in [1.165, 1.54) is 4.90 Å². The number of piperidine rings is 1. The Hall–Kier alpha value is -0.810. The molecule has 0 radical (unpaired) electrons. The van der Waals surface area contributed by atoms with Crippen LogP contribution in [-0.2, 0) is 4.74 Å². The summed E-state index contributed by atoms with van der Waals surface area (Å²) in [6.45, 7) is 2.46. The van der Waals surface area contributed by atoms with Gasteiger partial charge in [0.2, 0.25) is 0 Å². The lowest BCUT2D eigenvalue weighted by molar-refractivity contribution is -0.0174. The van der Waals surface area contributed by atoms with E-state index in [1.54, 1.807) is 6.92 Å². The van der Waals surface area contributed by atoms with Crippen LogP contribution in [0.3, 0.4) is 0 Å². The fourth-order valence-electron chi connectivity index (χ4n) is 1.60. The molecule has 0 saturated carbocycles. The fraction of sp³-hybridized carbons (Fsp3) is 0.889. The lowest BCUT2D eigenvalue weighted by Gasteiger charge is -2.35. The lowest BCUT2D eigenvalue weighted by Crippen LogP contribution is -2.48. The number of rotatable bonds is 2. The Kier molecular flexibility index (Phi) is 3.71. The van der Waals surface area contributed by atoms with E-state index in [0.29, 0.717) is 19.5 Å². The van der Waals surface area contributed by atoms with E-state index >= 15 is 0 Å². The summed E-state index contributed by atoms with van der Waals surface area (Å²) in [5, 5.41) is 18.2. The number of amides is 1. The average molecular weight is 203 g/mol. The Balaban J connectivity index is 2.40. The van der Waals surface area contributed by atoms with Crippen LogP contribution >= 0.6 is 0 Å². The van der Waals surface area contributed by atoms with Crippen molar-refractivity contribution in [3.63, 3.8) is 0 Å². The van der Waals surface area contributed by atoms with Gasteiger partial charge in [-0.1, -0.05) is 0 Å². The molecule has 0 aromatic carbocycles. The standard InChI is InChI=1S/C9H17NO4/c1-9(13)3-2-4-10(7-9)8(12)14-6-5-11/h11,13H,2-7H2,1H3. The van der Waals surface area contributed by atoms with E-state index in [2.05, 4.69) is 0 Å². The molecule has 82 valence electrons. The largest absolute Gasteiger partial charge is 0.447 e. The maximum absolute atomic E-state index is 11.3. The molecule has 1 fully saturated rings. The summed E-state index contributed by atoms with van der Waals surface area (Å²) in [6.07, 6.45) is 1.02. The van der Waals surface area contributed by atoms with Crippen LogP contribution in [0.2, 0.25) is 0 Å². The number of ether oxygens (including phenoxy) is 1. The van der Waals surface area contributed by atoms with Crippen LogP contribution in [0.15, 0.2) is 0 Å². The summed E-state index contributed by atoms with van der Waals surface area (Å²) in [5.41, 5.74) is -0.809. The molecule has 1 aliphatic rings. The van der Waals surface area contributed by atoms with Crippen molar-refractivity contribution in [3.05, 3.63) is 0 Å². The Morgan fingerprint density at radius 2 is 2.36 bits per heavy atom. The zero-order valence-corrected chi connectivity index (χ0v) is 8.40. The first-order valence-corrected chi connectivity index (χ1v) is 4.80. The third-order valence-corrected chi connectivity index (χ3v) is 2.25. The molecule has 1 rings (SSSR count). The highest BCUT2D eigenvalue weighted by atomic mass is 16.6.